The van der Waals surface area contributed by atoms with Crippen molar-refractivity contribution in [1.29, 1.82) is 0 Å². The molecule has 0 N–H and O–H groups in total. The summed E-state index contributed by atoms with van der Waals surface area (Å²) in [5.74, 6) is 2.31. The lowest BCUT2D eigenvalue weighted by atomic mass is 9.77. The summed E-state index contributed by atoms with van der Waals surface area (Å²) in [5, 5.41) is 0. The normalized spacial score (nSPS) is 70.4. The molecule has 0 radical (unpaired) electrons. The summed E-state index contributed by atoms with van der Waals surface area (Å²) in [6, 6.07) is 0. The summed E-state index contributed by atoms with van der Waals surface area (Å²) >= 11 is 0. The first-order valence-electron chi connectivity index (χ1n) is 7.14. The van der Waals surface area contributed by atoms with Gasteiger partial charge in [0.05, 0.1) is 0 Å². The highest BCUT2D eigenvalue weighted by Gasteiger charge is 2.97. The molecule has 0 aromatic rings. The molecule has 6 rings (SSSR count). The van der Waals surface area contributed by atoms with Gasteiger partial charge in [-0.2, -0.15) is 0 Å². The van der Waals surface area contributed by atoms with E-state index in [9.17, 15) is 0 Å². The molecule has 0 aromatic carbocycles. The Hall–Kier alpha value is -0.260. The minimum absolute atomic E-state index is 0.853. The minimum atomic E-state index is 0.853. The number of hydrogen-bond acceptors (Lipinski definition) is 0. The Morgan fingerprint density at radius 2 is 1.87 bits per heavy atom. The van der Waals surface area contributed by atoms with Crippen molar-refractivity contribution >= 4 is 0 Å². The van der Waals surface area contributed by atoms with Crippen molar-refractivity contribution in [3.8, 4) is 0 Å². The molecule has 3 spiro atoms. The lowest BCUT2D eigenvalue weighted by Crippen LogP contribution is -2.20. The maximum absolute atomic E-state index is 2.08. The zero-order valence-corrected chi connectivity index (χ0v) is 9.31. The Labute approximate surface area is 91.1 Å². The van der Waals surface area contributed by atoms with Crippen molar-refractivity contribution in [1.82, 2.24) is 0 Å². The lowest BCUT2D eigenvalue weighted by Gasteiger charge is -2.25. The van der Waals surface area contributed by atoms with Crippen LogP contribution in [0.2, 0.25) is 0 Å². The predicted molar refractivity (Wildman–Crippen MR) is 58.2 cm³/mol. The maximum Gasteiger partial charge on any atom is 0.00514 e. The van der Waals surface area contributed by atoms with E-state index in [1.807, 2.05) is 0 Å². The molecule has 15 heavy (non-hydrogen) atoms. The largest absolute Gasteiger partial charge is 0.0630 e. The molecule has 6 aliphatic carbocycles. The highest BCUT2D eigenvalue weighted by Crippen LogP contribution is 3.03. The molecule has 78 valence electrons. The van der Waals surface area contributed by atoms with Gasteiger partial charge in [-0.15, -0.1) is 0 Å². The summed E-state index contributed by atoms with van der Waals surface area (Å²) in [6.45, 7) is 0. The summed E-state index contributed by atoms with van der Waals surface area (Å²) < 4.78 is 0. The van der Waals surface area contributed by atoms with Crippen molar-refractivity contribution < 1.29 is 0 Å². The van der Waals surface area contributed by atoms with Gasteiger partial charge in [-0.05, 0) is 62.2 Å². The monoisotopic (exact) mass is 198 g/mol. The van der Waals surface area contributed by atoms with Crippen LogP contribution in [0.1, 0.15) is 51.4 Å². The predicted octanol–water partition coefficient (Wildman–Crippen LogP) is 3.68. The third-order valence-corrected chi connectivity index (χ3v) is 7.79. The Kier molecular flexibility index (Phi) is 0.745. The smallest absolute Gasteiger partial charge is 0.00514 e. The van der Waals surface area contributed by atoms with E-state index in [2.05, 4.69) is 11.1 Å². The Balaban J connectivity index is 1.79. The van der Waals surface area contributed by atoms with Crippen LogP contribution in [-0.4, -0.2) is 0 Å². The first-order valence-corrected chi connectivity index (χ1v) is 7.14. The van der Waals surface area contributed by atoms with Gasteiger partial charge in [0.2, 0.25) is 0 Å². The molecule has 0 heteroatoms. The summed E-state index contributed by atoms with van der Waals surface area (Å²) in [4.78, 5) is 0. The summed E-state index contributed by atoms with van der Waals surface area (Å²) in [6.07, 6.45) is 12.7. The minimum Gasteiger partial charge on any atom is -0.0630 e. The highest BCUT2D eigenvalue weighted by molar-refractivity contribution is 5.67. The van der Waals surface area contributed by atoms with E-state index in [0.29, 0.717) is 0 Å². The number of hydrogen-bond donors (Lipinski definition) is 0. The maximum atomic E-state index is 2.08. The van der Waals surface area contributed by atoms with Crippen molar-refractivity contribution in [2.75, 3.05) is 0 Å². The van der Waals surface area contributed by atoms with E-state index in [-0.39, 0.29) is 0 Å². The number of fused-ring (bicyclic) bond motifs is 1. The summed E-state index contributed by atoms with van der Waals surface area (Å²) in [7, 11) is 0. The molecular weight excluding hydrogens is 180 g/mol. The highest BCUT2D eigenvalue weighted by atomic mass is 15.0. The second-order valence-corrected chi connectivity index (χ2v) is 7.20. The molecule has 6 aliphatic rings. The van der Waals surface area contributed by atoms with E-state index >= 15 is 0 Å². The van der Waals surface area contributed by atoms with Crippen molar-refractivity contribution in [3.63, 3.8) is 0 Å². The molecular formula is C15H18. The van der Waals surface area contributed by atoms with E-state index < -0.39 is 0 Å². The zero-order valence-electron chi connectivity index (χ0n) is 9.31. The molecule has 5 unspecified atom stereocenters. The van der Waals surface area contributed by atoms with Crippen LogP contribution in [-0.2, 0) is 0 Å². The van der Waals surface area contributed by atoms with Gasteiger partial charge in [-0.1, -0.05) is 17.6 Å². The van der Waals surface area contributed by atoms with E-state index in [1.165, 1.54) is 12.3 Å². The van der Waals surface area contributed by atoms with Gasteiger partial charge in [0, 0.05) is 10.8 Å². The molecule has 0 bridgehead atoms. The zero-order chi connectivity index (χ0) is 9.47. The standard InChI is InChI=1S/C15H18/c1-3-9-12-10-4-5-11-13(9,6-1)15(11)8-2-7-14(10,12)15/h10-11H,1-8H2. The SMILES string of the molecule is C1CC2=C3C4CCC5C2(C1)C51CCCC341. The van der Waals surface area contributed by atoms with Gasteiger partial charge in [0.1, 0.15) is 0 Å². The molecule has 0 nitrogen and oxygen atoms in total. The van der Waals surface area contributed by atoms with Crippen LogP contribution in [0.3, 0.4) is 0 Å². The molecule has 0 heterocycles. The average Bonchev–Trinajstić information content (AvgIpc) is 2.80. The molecule has 5 fully saturated rings. The van der Waals surface area contributed by atoms with Crippen molar-refractivity contribution in [2.24, 2.45) is 28.1 Å². The molecule has 0 amide bonds. The molecule has 5 saturated carbocycles. The third-order valence-electron chi connectivity index (χ3n) is 7.79. The van der Waals surface area contributed by atoms with Gasteiger partial charge in [0.15, 0.2) is 0 Å². The van der Waals surface area contributed by atoms with Gasteiger partial charge < -0.3 is 0 Å². The van der Waals surface area contributed by atoms with Gasteiger partial charge >= 0.3 is 0 Å². The van der Waals surface area contributed by atoms with Gasteiger partial charge in [0.25, 0.3) is 0 Å². The second-order valence-electron chi connectivity index (χ2n) is 7.20. The second kappa shape index (κ2) is 1.57. The van der Waals surface area contributed by atoms with Crippen LogP contribution in [0, 0.1) is 28.1 Å². The van der Waals surface area contributed by atoms with Crippen LogP contribution in [0.25, 0.3) is 0 Å². The van der Waals surface area contributed by atoms with E-state index in [1.54, 1.807) is 44.9 Å². The van der Waals surface area contributed by atoms with Crippen LogP contribution < -0.4 is 0 Å². The number of rotatable bonds is 0. The van der Waals surface area contributed by atoms with Crippen LogP contribution in [0.4, 0.5) is 0 Å². The van der Waals surface area contributed by atoms with E-state index in [4.69, 9.17) is 0 Å². The van der Waals surface area contributed by atoms with Gasteiger partial charge in [-0.25, -0.2) is 0 Å². The molecule has 0 aliphatic heterocycles. The quantitative estimate of drug-likeness (QED) is 0.521. The Bertz CT molecular complexity index is 459. The van der Waals surface area contributed by atoms with Crippen LogP contribution in [0.15, 0.2) is 11.1 Å². The number of allylic oxidation sites excluding steroid dienone is 2. The Morgan fingerprint density at radius 3 is 2.87 bits per heavy atom. The van der Waals surface area contributed by atoms with Crippen LogP contribution in [0.5, 0.6) is 0 Å². The van der Waals surface area contributed by atoms with E-state index in [0.717, 1.165) is 22.2 Å². The fourth-order valence-corrected chi connectivity index (χ4v) is 8.06. The fourth-order valence-electron chi connectivity index (χ4n) is 8.06. The van der Waals surface area contributed by atoms with Crippen molar-refractivity contribution in [2.45, 2.75) is 51.4 Å². The topological polar surface area (TPSA) is 0 Å². The third kappa shape index (κ3) is 0.368. The molecule has 5 atom stereocenters. The average molecular weight is 198 g/mol. The Morgan fingerprint density at radius 1 is 0.933 bits per heavy atom. The molecule has 0 saturated heterocycles. The first kappa shape index (κ1) is 7.14. The molecule has 0 aromatic heterocycles. The van der Waals surface area contributed by atoms with Crippen molar-refractivity contribution in [3.05, 3.63) is 11.1 Å². The van der Waals surface area contributed by atoms with Gasteiger partial charge in [-0.3, -0.25) is 0 Å². The summed E-state index contributed by atoms with van der Waals surface area (Å²) in [5.41, 5.74) is 6.77. The van der Waals surface area contributed by atoms with Crippen LogP contribution >= 0.6 is 0 Å². The lowest BCUT2D eigenvalue weighted by molar-refractivity contribution is 0.222. The first-order chi connectivity index (χ1) is 7.40. The fraction of sp³-hybridized carbons (Fsp3) is 0.867.